The van der Waals surface area contributed by atoms with E-state index in [1.165, 1.54) is 0 Å². The van der Waals surface area contributed by atoms with Gasteiger partial charge in [0.1, 0.15) is 18.1 Å². The minimum atomic E-state index is -0.367. The molecule has 34 heavy (non-hydrogen) atoms. The molecule has 7 nitrogen and oxygen atoms in total. The molecule has 0 fully saturated rings. The van der Waals surface area contributed by atoms with Gasteiger partial charge in [-0.05, 0) is 69.5 Å². The maximum Gasteiger partial charge on any atom is 0.278 e. The Kier molecular flexibility index (Phi) is 6.75. The van der Waals surface area contributed by atoms with Crippen LogP contribution >= 0.6 is 11.6 Å². The van der Waals surface area contributed by atoms with Crippen molar-refractivity contribution in [3.8, 4) is 5.75 Å². The highest BCUT2D eigenvalue weighted by molar-refractivity contribution is 6.30. The second-order valence-electron chi connectivity index (χ2n) is 8.34. The Hall–Kier alpha value is -3.58. The Bertz CT molecular complexity index is 1340. The van der Waals surface area contributed by atoms with Crippen molar-refractivity contribution in [3.63, 3.8) is 0 Å². The molecular formula is C26H27ClN4O3. The maximum absolute atomic E-state index is 13.1. The Balaban J connectivity index is 1.52. The molecule has 0 aliphatic rings. The minimum Gasteiger partial charge on any atom is -0.488 e. The van der Waals surface area contributed by atoms with E-state index < -0.39 is 0 Å². The molecule has 0 saturated carbocycles. The van der Waals surface area contributed by atoms with Gasteiger partial charge in [-0.15, -0.1) is 0 Å². The maximum atomic E-state index is 13.1. The molecule has 0 aliphatic heterocycles. The lowest BCUT2D eigenvalue weighted by atomic mass is 10.1. The average Bonchev–Trinajstić information content (AvgIpc) is 3.30. The molecular weight excluding hydrogens is 452 g/mol. The largest absolute Gasteiger partial charge is 0.488 e. The van der Waals surface area contributed by atoms with E-state index in [2.05, 4.69) is 15.6 Å². The molecule has 2 aromatic carbocycles. The summed E-state index contributed by atoms with van der Waals surface area (Å²) in [5.74, 6) is 0.943. The number of hydrogen-bond donors (Lipinski definition) is 1. The molecule has 8 heteroatoms. The molecule has 0 saturated heterocycles. The topological polar surface area (TPSA) is 82.2 Å². The van der Waals surface area contributed by atoms with Crippen LogP contribution in [0.2, 0.25) is 5.02 Å². The van der Waals surface area contributed by atoms with E-state index in [0.29, 0.717) is 34.3 Å². The molecule has 1 N–H and O–H groups in total. The van der Waals surface area contributed by atoms with Crippen molar-refractivity contribution < 1.29 is 14.1 Å². The van der Waals surface area contributed by atoms with Crippen molar-refractivity contribution in [1.29, 1.82) is 0 Å². The van der Waals surface area contributed by atoms with E-state index in [9.17, 15) is 4.79 Å². The molecule has 0 unspecified atom stereocenters. The number of nitrogens with zero attached hydrogens (tertiary/aromatic N) is 3. The first-order chi connectivity index (χ1) is 16.2. The minimum absolute atomic E-state index is 0.177. The van der Waals surface area contributed by atoms with Crippen molar-refractivity contribution in [2.24, 2.45) is 0 Å². The quantitative estimate of drug-likeness (QED) is 0.355. The predicted octanol–water partition coefficient (Wildman–Crippen LogP) is 5.95. The van der Waals surface area contributed by atoms with E-state index in [0.717, 1.165) is 28.1 Å². The van der Waals surface area contributed by atoms with Crippen LogP contribution in [0.1, 0.15) is 49.9 Å². The van der Waals surface area contributed by atoms with E-state index in [1.54, 1.807) is 6.92 Å². The smallest absolute Gasteiger partial charge is 0.278 e. The fourth-order valence-electron chi connectivity index (χ4n) is 3.74. The van der Waals surface area contributed by atoms with Gasteiger partial charge in [0.15, 0.2) is 5.69 Å². The van der Waals surface area contributed by atoms with E-state index >= 15 is 0 Å². The fourth-order valence-corrected chi connectivity index (χ4v) is 3.86. The summed E-state index contributed by atoms with van der Waals surface area (Å²) in [6, 6.07) is 13.5. The Labute approximate surface area is 203 Å². The first kappa shape index (κ1) is 23.6. The number of hydrogen-bond acceptors (Lipinski definition) is 5. The third-order valence-electron chi connectivity index (χ3n) is 5.99. The van der Waals surface area contributed by atoms with Crippen molar-refractivity contribution in [2.45, 2.75) is 47.8 Å². The van der Waals surface area contributed by atoms with Gasteiger partial charge >= 0.3 is 0 Å². The summed E-state index contributed by atoms with van der Waals surface area (Å²) in [5.41, 5.74) is 6.28. The second kappa shape index (κ2) is 9.73. The molecule has 2 heterocycles. The number of nitrogens with one attached hydrogen (secondary N) is 1. The van der Waals surface area contributed by atoms with Gasteiger partial charge in [-0.25, -0.2) is 0 Å². The summed E-state index contributed by atoms with van der Waals surface area (Å²) in [5, 5.41) is 12.2. The number of aryl methyl sites for hydroxylation is 3. The van der Waals surface area contributed by atoms with Crippen LogP contribution in [0.5, 0.6) is 5.75 Å². The zero-order chi connectivity index (χ0) is 24.4. The Morgan fingerprint density at radius 1 is 1.09 bits per heavy atom. The number of amides is 1. The van der Waals surface area contributed by atoms with Crippen molar-refractivity contribution in [3.05, 3.63) is 92.6 Å². The number of rotatable bonds is 7. The number of ether oxygens (including phenoxy) is 1. The Morgan fingerprint density at radius 2 is 1.82 bits per heavy atom. The van der Waals surface area contributed by atoms with Crippen LogP contribution in [0.25, 0.3) is 0 Å². The molecule has 0 radical (unpaired) electrons. The van der Waals surface area contributed by atoms with Gasteiger partial charge in [0, 0.05) is 5.02 Å². The van der Waals surface area contributed by atoms with Crippen molar-refractivity contribution in [1.82, 2.24) is 14.9 Å². The summed E-state index contributed by atoms with van der Waals surface area (Å²) in [6.45, 7) is 10.3. The third kappa shape index (κ3) is 4.84. The number of anilines is 1. The van der Waals surface area contributed by atoms with Crippen LogP contribution in [-0.2, 0) is 13.2 Å². The number of benzene rings is 2. The van der Waals surface area contributed by atoms with Gasteiger partial charge in [-0.3, -0.25) is 9.48 Å². The molecule has 0 atom stereocenters. The van der Waals surface area contributed by atoms with Crippen LogP contribution in [0.15, 0.2) is 47.0 Å². The standard InChI is InChI=1S/C26H27ClN4O3/c1-15-7-6-8-23(16(15)2)33-14-22-19(5)34-30-25(22)26(32)28-24-17(3)29-31(18(24)4)13-20-9-11-21(27)12-10-20/h6-12H,13-14H2,1-5H3,(H,28,32). The zero-order valence-electron chi connectivity index (χ0n) is 19.9. The molecule has 2 aromatic heterocycles. The predicted molar refractivity (Wildman–Crippen MR) is 132 cm³/mol. The fraction of sp³-hybridized carbons (Fsp3) is 0.269. The van der Waals surface area contributed by atoms with Crippen LogP contribution in [-0.4, -0.2) is 20.8 Å². The molecule has 4 rings (SSSR count). The van der Waals surface area contributed by atoms with E-state index in [1.807, 2.05) is 74.8 Å². The summed E-state index contributed by atoms with van der Waals surface area (Å²) in [7, 11) is 0. The van der Waals surface area contributed by atoms with Crippen LogP contribution in [0.3, 0.4) is 0 Å². The van der Waals surface area contributed by atoms with Gasteiger partial charge in [-0.1, -0.05) is 41.0 Å². The van der Waals surface area contributed by atoms with E-state index in [-0.39, 0.29) is 18.2 Å². The van der Waals surface area contributed by atoms with Gasteiger partial charge in [0.25, 0.3) is 5.91 Å². The van der Waals surface area contributed by atoms with Crippen LogP contribution in [0, 0.1) is 34.6 Å². The van der Waals surface area contributed by atoms with Crippen LogP contribution in [0.4, 0.5) is 5.69 Å². The lowest BCUT2D eigenvalue weighted by Crippen LogP contribution is -2.16. The second-order valence-corrected chi connectivity index (χ2v) is 8.77. The van der Waals surface area contributed by atoms with Gasteiger partial charge in [0.2, 0.25) is 0 Å². The lowest BCUT2D eigenvalue weighted by molar-refractivity contribution is 0.101. The van der Waals surface area contributed by atoms with E-state index in [4.69, 9.17) is 20.9 Å². The summed E-state index contributed by atoms with van der Waals surface area (Å²) in [4.78, 5) is 13.1. The summed E-state index contributed by atoms with van der Waals surface area (Å²) >= 11 is 5.98. The number of carbonyl (C=O) groups excluding carboxylic acids is 1. The molecule has 176 valence electrons. The molecule has 0 aliphatic carbocycles. The summed E-state index contributed by atoms with van der Waals surface area (Å²) in [6.07, 6.45) is 0. The molecule has 0 spiro atoms. The Morgan fingerprint density at radius 3 is 2.56 bits per heavy atom. The first-order valence-corrected chi connectivity index (χ1v) is 11.4. The SMILES string of the molecule is Cc1cccc(OCc2c(C(=O)Nc3c(C)nn(Cc4ccc(Cl)cc4)c3C)noc2C)c1C. The monoisotopic (exact) mass is 478 g/mol. The molecule has 1 amide bonds. The highest BCUT2D eigenvalue weighted by Gasteiger charge is 2.23. The van der Waals surface area contributed by atoms with Gasteiger partial charge in [0.05, 0.1) is 29.2 Å². The van der Waals surface area contributed by atoms with Gasteiger partial charge in [-0.2, -0.15) is 5.10 Å². The van der Waals surface area contributed by atoms with Gasteiger partial charge < -0.3 is 14.6 Å². The molecule has 0 bridgehead atoms. The molecule has 4 aromatic rings. The number of halogens is 1. The van der Waals surface area contributed by atoms with Crippen LogP contribution < -0.4 is 10.1 Å². The average molecular weight is 479 g/mol. The number of aromatic nitrogens is 3. The van der Waals surface area contributed by atoms with Crippen molar-refractivity contribution in [2.75, 3.05) is 5.32 Å². The zero-order valence-corrected chi connectivity index (χ0v) is 20.7. The lowest BCUT2D eigenvalue weighted by Gasteiger charge is -2.11. The highest BCUT2D eigenvalue weighted by Crippen LogP contribution is 2.25. The first-order valence-electron chi connectivity index (χ1n) is 11.0. The number of carbonyl (C=O) groups is 1. The highest BCUT2D eigenvalue weighted by atomic mass is 35.5. The van der Waals surface area contributed by atoms with Crippen molar-refractivity contribution >= 4 is 23.2 Å². The normalized spacial score (nSPS) is 11.0. The summed E-state index contributed by atoms with van der Waals surface area (Å²) < 4.78 is 13.2. The third-order valence-corrected chi connectivity index (χ3v) is 6.24.